The van der Waals surface area contributed by atoms with Gasteiger partial charge in [0.1, 0.15) is 24.7 Å². The van der Waals surface area contributed by atoms with Crippen LogP contribution in [0.1, 0.15) is 51.3 Å². The summed E-state index contributed by atoms with van der Waals surface area (Å²) in [5, 5.41) is 12.0. The Labute approximate surface area is 271 Å². The maximum Gasteiger partial charge on any atom is 0.301 e. The molecule has 0 unspecified atom stereocenters. The van der Waals surface area contributed by atoms with Gasteiger partial charge in [0.05, 0.1) is 41.7 Å². The molecular weight excluding hydrogens is 608 g/mol. The molecule has 0 bridgehead atoms. The maximum absolute atomic E-state index is 13.9. The monoisotopic (exact) mass is 644 g/mol. The SMILES string of the molecule is CCOc1ccc2nc(N3C(=O)C(=O)C(=C(O)c4ccc5c(c4)OCCO5)[C@@H]3c3ccc(OCCC(C)C)c(OCC)c3)sc2c1. The number of rotatable bonds is 11. The second-order valence-corrected chi connectivity index (χ2v) is 12.3. The van der Waals surface area contributed by atoms with E-state index in [1.165, 1.54) is 16.2 Å². The first-order valence-corrected chi connectivity index (χ1v) is 16.2. The lowest BCUT2D eigenvalue weighted by molar-refractivity contribution is -0.132. The Morgan fingerprint density at radius 1 is 0.957 bits per heavy atom. The third-order valence-electron chi connectivity index (χ3n) is 7.66. The molecule has 0 radical (unpaired) electrons. The van der Waals surface area contributed by atoms with Crippen LogP contribution in [0.5, 0.6) is 28.7 Å². The molecule has 1 atom stereocenters. The van der Waals surface area contributed by atoms with Gasteiger partial charge in [-0.05, 0) is 80.3 Å². The van der Waals surface area contributed by atoms with E-state index in [2.05, 4.69) is 13.8 Å². The summed E-state index contributed by atoms with van der Waals surface area (Å²) in [5.74, 6) is 1.18. The van der Waals surface area contributed by atoms with Gasteiger partial charge in [-0.3, -0.25) is 14.5 Å². The molecule has 10 nitrogen and oxygen atoms in total. The van der Waals surface area contributed by atoms with Crippen LogP contribution in [0.25, 0.3) is 16.0 Å². The van der Waals surface area contributed by atoms with E-state index in [0.29, 0.717) is 89.5 Å². The Hall–Kier alpha value is -4.77. The predicted molar refractivity (Wildman–Crippen MR) is 176 cm³/mol. The van der Waals surface area contributed by atoms with Gasteiger partial charge >= 0.3 is 5.91 Å². The van der Waals surface area contributed by atoms with Crippen molar-refractivity contribution in [2.45, 2.75) is 40.2 Å². The van der Waals surface area contributed by atoms with Crippen molar-refractivity contribution in [3.05, 3.63) is 71.3 Å². The van der Waals surface area contributed by atoms with Crippen LogP contribution in [-0.4, -0.2) is 54.8 Å². The van der Waals surface area contributed by atoms with E-state index in [1.54, 1.807) is 36.4 Å². The number of ketones is 1. The van der Waals surface area contributed by atoms with Crippen molar-refractivity contribution in [1.29, 1.82) is 0 Å². The van der Waals surface area contributed by atoms with E-state index in [-0.39, 0.29) is 11.3 Å². The molecule has 0 spiro atoms. The second kappa shape index (κ2) is 13.3. The van der Waals surface area contributed by atoms with E-state index in [0.717, 1.165) is 11.1 Å². The molecule has 0 saturated carbocycles. The zero-order valence-electron chi connectivity index (χ0n) is 26.2. The second-order valence-electron chi connectivity index (χ2n) is 11.3. The lowest BCUT2D eigenvalue weighted by atomic mass is 9.95. The van der Waals surface area contributed by atoms with Crippen molar-refractivity contribution in [2.24, 2.45) is 5.92 Å². The number of amides is 1. The summed E-state index contributed by atoms with van der Waals surface area (Å²) in [4.78, 5) is 33.8. The van der Waals surface area contributed by atoms with Crippen LogP contribution in [0.3, 0.4) is 0 Å². The van der Waals surface area contributed by atoms with Crippen molar-refractivity contribution < 1.29 is 38.4 Å². The summed E-state index contributed by atoms with van der Waals surface area (Å²) in [5.41, 5.74) is 1.44. The number of hydrogen-bond donors (Lipinski definition) is 1. The van der Waals surface area contributed by atoms with Crippen molar-refractivity contribution >= 4 is 44.1 Å². The smallest absolute Gasteiger partial charge is 0.301 e. The van der Waals surface area contributed by atoms with Crippen LogP contribution in [0, 0.1) is 5.92 Å². The molecule has 1 amide bonds. The number of Topliss-reactive ketones (excluding diaryl/α,β-unsaturated/α-hetero) is 1. The van der Waals surface area contributed by atoms with Crippen LogP contribution in [0.4, 0.5) is 5.13 Å². The third-order valence-corrected chi connectivity index (χ3v) is 8.68. The molecule has 1 fully saturated rings. The van der Waals surface area contributed by atoms with E-state index in [4.69, 9.17) is 28.7 Å². The summed E-state index contributed by atoms with van der Waals surface area (Å²) in [6.45, 7) is 10.2. The fourth-order valence-electron chi connectivity index (χ4n) is 5.43. The summed E-state index contributed by atoms with van der Waals surface area (Å²) in [6.07, 6.45) is 0.867. The fraction of sp³-hybridized carbons (Fsp3) is 0.343. The van der Waals surface area contributed by atoms with Gasteiger partial charge in [0.2, 0.25) is 0 Å². The number of benzene rings is 3. The highest BCUT2D eigenvalue weighted by Crippen LogP contribution is 2.47. The fourth-order valence-corrected chi connectivity index (χ4v) is 6.45. The number of aliphatic hydroxyl groups is 1. The molecule has 11 heteroatoms. The molecule has 2 aliphatic heterocycles. The molecule has 0 aliphatic carbocycles. The van der Waals surface area contributed by atoms with E-state index in [9.17, 15) is 14.7 Å². The highest BCUT2D eigenvalue weighted by molar-refractivity contribution is 7.22. The number of thiazole rings is 1. The molecule has 6 rings (SSSR count). The van der Waals surface area contributed by atoms with Crippen molar-refractivity contribution in [1.82, 2.24) is 4.98 Å². The van der Waals surface area contributed by atoms with Gasteiger partial charge in [-0.25, -0.2) is 4.98 Å². The predicted octanol–water partition coefficient (Wildman–Crippen LogP) is 6.92. The molecule has 1 aromatic heterocycles. The van der Waals surface area contributed by atoms with Crippen LogP contribution in [0.2, 0.25) is 0 Å². The van der Waals surface area contributed by atoms with Gasteiger partial charge in [-0.15, -0.1) is 0 Å². The van der Waals surface area contributed by atoms with Crippen LogP contribution in [-0.2, 0) is 9.59 Å². The molecule has 3 heterocycles. The standard InChI is InChI=1S/C35H36N2O8S/c1-5-41-23-9-10-24-29(19-23)46-35(36-24)37-31(21-7-11-25(27(17-21)42-6-2)43-14-13-20(3)4)30(33(39)34(37)40)32(38)22-8-12-26-28(18-22)45-16-15-44-26/h7-12,17-20,31,38H,5-6,13-16H2,1-4H3/t31-/m0/s1. The molecule has 1 N–H and O–H groups in total. The van der Waals surface area contributed by atoms with E-state index < -0.39 is 17.7 Å². The molecule has 4 aromatic rings. The highest BCUT2D eigenvalue weighted by atomic mass is 32.1. The Bertz CT molecular complexity index is 1810. The molecule has 3 aromatic carbocycles. The molecular formula is C35H36N2O8S. The normalized spacial score (nSPS) is 17.2. The van der Waals surface area contributed by atoms with Gasteiger partial charge in [0, 0.05) is 5.56 Å². The number of carbonyl (C=O) groups excluding carboxylic acids is 2. The van der Waals surface area contributed by atoms with E-state index >= 15 is 0 Å². The average molecular weight is 645 g/mol. The first-order valence-electron chi connectivity index (χ1n) is 15.4. The summed E-state index contributed by atoms with van der Waals surface area (Å²) in [6, 6.07) is 14.7. The molecule has 2 aliphatic rings. The lowest BCUT2D eigenvalue weighted by Crippen LogP contribution is -2.29. The Morgan fingerprint density at radius 2 is 1.74 bits per heavy atom. The summed E-state index contributed by atoms with van der Waals surface area (Å²) >= 11 is 1.26. The molecule has 1 saturated heterocycles. The highest BCUT2D eigenvalue weighted by Gasteiger charge is 2.48. The van der Waals surface area contributed by atoms with Crippen LogP contribution >= 0.6 is 11.3 Å². The third kappa shape index (κ3) is 6.06. The molecule has 46 heavy (non-hydrogen) atoms. The average Bonchev–Trinajstić information content (AvgIpc) is 3.58. The summed E-state index contributed by atoms with van der Waals surface area (Å²) < 4.78 is 29.8. The van der Waals surface area contributed by atoms with Gasteiger partial charge in [-0.1, -0.05) is 31.3 Å². The Morgan fingerprint density at radius 3 is 2.50 bits per heavy atom. The van der Waals surface area contributed by atoms with Gasteiger partial charge in [0.15, 0.2) is 28.1 Å². The number of anilines is 1. The quantitative estimate of drug-likeness (QED) is 0.106. The minimum absolute atomic E-state index is 0.0770. The minimum Gasteiger partial charge on any atom is -0.507 e. The Kier molecular flexibility index (Phi) is 9.03. The van der Waals surface area contributed by atoms with Gasteiger partial charge < -0.3 is 28.8 Å². The minimum atomic E-state index is -1.01. The zero-order valence-corrected chi connectivity index (χ0v) is 27.0. The number of carbonyl (C=O) groups is 2. The summed E-state index contributed by atoms with van der Waals surface area (Å²) in [7, 11) is 0. The lowest BCUT2D eigenvalue weighted by Gasteiger charge is -2.24. The zero-order chi connectivity index (χ0) is 32.4. The number of aliphatic hydroxyl groups excluding tert-OH is 1. The first-order chi connectivity index (χ1) is 22.3. The van der Waals surface area contributed by atoms with Crippen molar-refractivity contribution in [2.75, 3.05) is 37.9 Å². The number of ether oxygens (including phenoxy) is 5. The number of aromatic nitrogens is 1. The number of nitrogens with zero attached hydrogens (tertiary/aromatic N) is 2. The number of hydrogen-bond acceptors (Lipinski definition) is 10. The first kappa shape index (κ1) is 31.2. The van der Waals surface area contributed by atoms with Crippen molar-refractivity contribution in [3.63, 3.8) is 0 Å². The number of fused-ring (bicyclic) bond motifs is 2. The molecule has 240 valence electrons. The van der Waals surface area contributed by atoms with Gasteiger partial charge in [-0.2, -0.15) is 0 Å². The largest absolute Gasteiger partial charge is 0.507 e. The van der Waals surface area contributed by atoms with Gasteiger partial charge in [0.25, 0.3) is 5.78 Å². The van der Waals surface area contributed by atoms with Crippen LogP contribution < -0.4 is 28.6 Å². The van der Waals surface area contributed by atoms with Crippen LogP contribution in [0.15, 0.2) is 60.2 Å². The van der Waals surface area contributed by atoms with Crippen molar-refractivity contribution in [3.8, 4) is 28.7 Å². The van der Waals surface area contributed by atoms with E-state index in [1.807, 2.05) is 32.0 Å². The Balaban J connectivity index is 1.49. The maximum atomic E-state index is 13.9. The topological polar surface area (TPSA) is 117 Å².